The highest BCUT2D eigenvalue weighted by Gasteiger charge is 2.32. The molecule has 0 aliphatic carbocycles. The molecule has 6 heteroatoms. The lowest BCUT2D eigenvalue weighted by molar-refractivity contribution is 0.181. The number of rotatable bonds is 5. The van der Waals surface area contributed by atoms with Gasteiger partial charge in [-0.05, 0) is 35.2 Å². The van der Waals surface area contributed by atoms with Crippen LogP contribution in [0.3, 0.4) is 0 Å². The zero-order chi connectivity index (χ0) is 21.3. The summed E-state index contributed by atoms with van der Waals surface area (Å²) < 4.78 is 17.1. The molecule has 3 aromatic rings. The van der Waals surface area contributed by atoms with E-state index in [4.69, 9.17) is 13.9 Å². The summed E-state index contributed by atoms with van der Waals surface area (Å²) in [5.41, 5.74) is 3.56. The number of fused-ring (bicyclic) bond motifs is 1. The summed E-state index contributed by atoms with van der Waals surface area (Å²) >= 11 is 0. The fraction of sp³-hybridized carbons (Fsp3) is 0.417. The van der Waals surface area contributed by atoms with Crippen LogP contribution in [0.1, 0.15) is 55.3 Å². The zero-order valence-corrected chi connectivity index (χ0v) is 18.3. The number of hydrogen-bond acceptors (Lipinski definition) is 6. The molecule has 2 heterocycles. The maximum absolute atomic E-state index is 6.00. The van der Waals surface area contributed by atoms with Crippen molar-refractivity contribution < 1.29 is 13.9 Å². The monoisotopic (exact) mass is 407 g/mol. The molecule has 1 aliphatic heterocycles. The van der Waals surface area contributed by atoms with Crippen molar-refractivity contribution in [2.24, 2.45) is 0 Å². The van der Waals surface area contributed by atoms with Crippen molar-refractivity contribution >= 4 is 0 Å². The second-order valence-electron chi connectivity index (χ2n) is 8.69. The van der Waals surface area contributed by atoms with Crippen LogP contribution >= 0.6 is 0 Å². The Morgan fingerprint density at radius 2 is 1.73 bits per heavy atom. The average molecular weight is 408 g/mol. The fourth-order valence-corrected chi connectivity index (χ4v) is 3.99. The molecule has 6 nitrogen and oxygen atoms in total. The highest BCUT2D eigenvalue weighted by Crippen LogP contribution is 2.41. The summed E-state index contributed by atoms with van der Waals surface area (Å²) in [7, 11) is 3.35. The molecule has 2 aromatic carbocycles. The topological polar surface area (TPSA) is 60.6 Å². The van der Waals surface area contributed by atoms with Crippen LogP contribution in [0.4, 0.5) is 0 Å². The van der Waals surface area contributed by atoms with Crippen molar-refractivity contribution in [1.82, 2.24) is 15.1 Å². The maximum Gasteiger partial charge on any atom is 0.230 e. The molecule has 0 amide bonds. The summed E-state index contributed by atoms with van der Waals surface area (Å²) in [6, 6.07) is 14.8. The summed E-state index contributed by atoms with van der Waals surface area (Å²) in [6.07, 6.45) is 0.916. The maximum atomic E-state index is 6.00. The Labute approximate surface area is 177 Å². The van der Waals surface area contributed by atoms with E-state index in [9.17, 15) is 0 Å². The smallest absolute Gasteiger partial charge is 0.230 e. The molecule has 0 saturated heterocycles. The molecule has 158 valence electrons. The summed E-state index contributed by atoms with van der Waals surface area (Å²) in [5, 5.41) is 8.58. The Morgan fingerprint density at radius 1 is 1.03 bits per heavy atom. The van der Waals surface area contributed by atoms with Gasteiger partial charge in [0.05, 0.1) is 26.8 Å². The van der Waals surface area contributed by atoms with E-state index < -0.39 is 0 Å². The van der Waals surface area contributed by atoms with Gasteiger partial charge in [-0.1, -0.05) is 51.1 Å². The lowest BCUT2D eigenvalue weighted by Gasteiger charge is -2.37. The third kappa shape index (κ3) is 3.92. The number of hydrogen-bond donors (Lipinski definition) is 0. The Morgan fingerprint density at radius 3 is 2.37 bits per heavy atom. The van der Waals surface area contributed by atoms with E-state index in [1.807, 2.05) is 6.07 Å². The Bertz CT molecular complexity index is 1010. The Kier molecular flexibility index (Phi) is 5.52. The van der Waals surface area contributed by atoms with Gasteiger partial charge in [0.1, 0.15) is 0 Å². The van der Waals surface area contributed by atoms with E-state index >= 15 is 0 Å². The second kappa shape index (κ2) is 8.11. The van der Waals surface area contributed by atoms with Crippen molar-refractivity contribution in [2.45, 2.75) is 45.2 Å². The van der Waals surface area contributed by atoms with Gasteiger partial charge in [-0.25, -0.2) is 0 Å². The number of ether oxygens (including phenoxy) is 2. The van der Waals surface area contributed by atoms with Crippen molar-refractivity contribution in [1.29, 1.82) is 0 Å². The first-order valence-corrected chi connectivity index (χ1v) is 10.3. The molecular formula is C24H29N3O3. The van der Waals surface area contributed by atoms with E-state index in [-0.39, 0.29) is 11.5 Å². The van der Waals surface area contributed by atoms with Crippen molar-refractivity contribution in [3.8, 4) is 11.5 Å². The largest absolute Gasteiger partial charge is 0.493 e. The second-order valence-corrected chi connectivity index (χ2v) is 8.69. The Hall–Kier alpha value is -2.86. The lowest BCUT2D eigenvalue weighted by atomic mass is 9.87. The van der Waals surface area contributed by atoms with Crippen molar-refractivity contribution in [2.75, 3.05) is 20.8 Å². The van der Waals surface area contributed by atoms with Crippen molar-refractivity contribution in [3.05, 3.63) is 70.9 Å². The molecule has 0 bridgehead atoms. The van der Waals surface area contributed by atoms with Crippen LogP contribution in [0.25, 0.3) is 0 Å². The third-order valence-electron chi connectivity index (χ3n) is 5.54. The number of methoxy groups -OCH3 is 2. The SMILES string of the molecule is COc1cc2c(cc1OC)C(c1ccccc1)N(Cc1nnc(C(C)(C)C)o1)CC2. The van der Waals surface area contributed by atoms with Gasteiger partial charge in [-0.2, -0.15) is 0 Å². The first kappa shape index (κ1) is 20.4. The molecule has 0 spiro atoms. The van der Waals surface area contributed by atoms with E-state index in [0.717, 1.165) is 24.5 Å². The number of nitrogens with zero attached hydrogens (tertiary/aromatic N) is 3. The molecule has 1 unspecified atom stereocenters. The van der Waals surface area contributed by atoms with Gasteiger partial charge in [0.25, 0.3) is 0 Å². The van der Waals surface area contributed by atoms with Gasteiger partial charge in [-0.3, -0.25) is 4.90 Å². The number of benzene rings is 2. The van der Waals surface area contributed by atoms with Crippen LogP contribution < -0.4 is 9.47 Å². The minimum atomic E-state index is -0.164. The van der Waals surface area contributed by atoms with Gasteiger partial charge in [0.2, 0.25) is 11.8 Å². The van der Waals surface area contributed by atoms with Crippen LogP contribution in [0.5, 0.6) is 11.5 Å². The minimum absolute atomic E-state index is 0.0692. The minimum Gasteiger partial charge on any atom is -0.493 e. The summed E-state index contributed by atoms with van der Waals surface area (Å²) in [5.74, 6) is 2.82. The molecule has 0 N–H and O–H groups in total. The molecule has 0 saturated carbocycles. The van der Waals surface area contributed by atoms with E-state index in [1.165, 1.54) is 16.7 Å². The molecule has 1 aromatic heterocycles. The molecule has 1 atom stereocenters. The zero-order valence-electron chi connectivity index (χ0n) is 18.3. The molecule has 30 heavy (non-hydrogen) atoms. The van der Waals surface area contributed by atoms with Crippen molar-refractivity contribution in [3.63, 3.8) is 0 Å². The molecule has 4 rings (SSSR count). The van der Waals surface area contributed by atoms with E-state index in [2.05, 4.69) is 72.3 Å². The van der Waals surface area contributed by atoms with Gasteiger partial charge >= 0.3 is 0 Å². The summed E-state index contributed by atoms with van der Waals surface area (Å²) in [4.78, 5) is 2.39. The van der Waals surface area contributed by atoms with Crippen LogP contribution in [-0.2, 0) is 18.4 Å². The van der Waals surface area contributed by atoms with E-state index in [0.29, 0.717) is 18.3 Å². The predicted octanol–water partition coefficient (Wildman–Crippen LogP) is 4.53. The van der Waals surface area contributed by atoms with Gasteiger partial charge in [0, 0.05) is 12.0 Å². The Balaban J connectivity index is 1.74. The standard InChI is InChI=1S/C24H29N3O3/c1-24(2,3)23-26-25-21(30-23)15-27-12-11-17-13-19(28-4)20(29-5)14-18(17)22(27)16-9-7-6-8-10-16/h6-10,13-14,22H,11-12,15H2,1-5H3. The highest BCUT2D eigenvalue weighted by atomic mass is 16.5. The summed E-state index contributed by atoms with van der Waals surface area (Å²) in [6.45, 7) is 7.71. The first-order chi connectivity index (χ1) is 14.4. The normalized spacial score (nSPS) is 16.9. The molecular weight excluding hydrogens is 378 g/mol. The first-order valence-electron chi connectivity index (χ1n) is 10.3. The highest BCUT2D eigenvalue weighted by molar-refractivity contribution is 5.51. The number of aromatic nitrogens is 2. The molecule has 0 fully saturated rings. The van der Waals surface area contributed by atoms with Crippen LogP contribution in [0.15, 0.2) is 46.9 Å². The van der Waals surface area contributed by atoms with Gasteiger partial charge in [0.15, 0.2) is 11.5 Å². The van der Waals surface area contributed by atoms with E-state index in [1.54, 1.807) is 14.2 Å². The fourth-order valence-electron chi connectivity index (χ4n) is 3.99. The predicted molar refractivity (Wildman–Crippen MR) is 115 cm³/mol. The lowest BCUT2D eigenvalue weighted by Crippen LogP contribution is -2.35. The molecule has 0 radical (unpaired) electrons. The van der Waals surface area contributed by atoms with Gasteiger partial charge in [-0.15, -0.1) is 10.2 Å². The van der Waals surface area contributed by atoms with Crippen LogP contribution in [0.2, 0.25) is 0 Å². The molecule has 1 aliphatic rings. The van der Waals surface area contributed by atoms with Crippen LogP contribution in [-0.4, -0.2) is 35.9 Å². The van der Waals surface area contributed by atoms with Crippen LogP contribution in [0, 0.1) is 0 Å². The third-order valence-corrected chi connectivity index (χ3v) is 5.54. The van der Waals surface area contributed by atoms with Gasteiger partial charge < -0.3 is 13.9 Å². The average Bonchev–Trinajstić information content (AvgIpc) is 3.22. The quantitative estimate of drug-likeness (QED) is 0.619.